The van der Waals surface area contributed by atoms with Gasteiger partial charge in [0.25, 0.3) is 0 Å². The molecule has 0 spiro atoms. The fourth-order valence-corrected chi connectivity index (χ4v) is 4.26. The summed E-state index contributed by atoms with van der Waals surface area (Å²) < 4.78 is 30.0. The summed E-state index contributed by atoms with van der Waals surface area (Å²) >= 11 is 0. The van der Waals surface area contributed by atoms with Gasteiger partial charge in [0.15, 0.2) is 5.96 Å². The number of hydrogen-bond acceptors (Lipinski definition) is 4. The molecule has 28 heavy (non-hydrogen) atoms. The molecule has 0 bridgehead atoms. The van der Waals surface area contributed by atoms with Crippen LogP contribution in [0.1, 0.15) is 39.0 Å². The van der Waals surface area contributed by atoms with Crippen molar-refractivity contribution >= 4 is 16.0 Å². The molecule has 0 saturated heterocycles. The summed E-state index contributed by atoms with van der Waals surface area (Å²) in [5.41, 5.74) is 1.09. The Labute approximate surface area is 167 Å². The Balaban J connectivity index is 2.19. The highest BCUT2D eigenvalue weighted by atomic mass is 32.2. The van der Waals surface area contributed by atoms with Crippen LogP contribution in [0.25, 0.3) is 0 Å². The summed E-state index contributed by atoms with van der Waals surface area (Å²) in [6.45, 7) is 8.93. The maximum absolute atomic E-state index is 12.8. The summed E-state index contributed by atoms with van der Waals surface area (Å²) in [7, 11) is -1.75. The Morgan fingerprint density at radius 1 is 1.18 bits per heavy atom. The molecule has 0 atom stereocenters. The van der Waals surface area contributed by atoms with Crippen LogP contribution in [-0.4, -0.2) is 36.2 Å². The maximum atomic E-state index is 12.8. The molecule has 1 aromatic heterocycles. The number of guanidine groups is 1. The van der Waals surface area contributed by atoms with Crippen LogP contribution in [0.15, 0.2) is 46.4 Å². The highest BCUT2D eigenvalue weighted by Crippen LogP contribution is 2.18. The molecule has 3 N–H and O–H groups in total. The third-order valence-electron chi connectivity index (χ3n) is 3.81. The summed E-state index contributed by atoms with van der Waals surface area (Å²) in [5, 5.41) is 10.6. The van der Waals surface area contributed by atoms with E-state index in [4.69, 9.17) is 0 Å². The Morgan fingerprint density at radius 3 is 2.50 bits per heavy atom. The van der Waals surface area contributed by atoms with Gasteiger partial charge < -0.3 is 10.6 Å². The van der Waals surface area contributed by atoms with Gasteiger partial charge in [0.1, 0.15) is 0 Å². The number of sulfonamides is 1. The second-order valence-electron chi connectivity index (χ2n) is 7.46. The zero-order chi connectivity index (χ0) is 20.8. The van der Waals surface area contributed by atoms with Crippen molar-refractivity contribution in [2.45, 2.75) is 51.2 Å². The van der Waals surface area contributed by atoms with E-state index >= 15 is 0 Å². The largest absolute Gasteiger partial charge is 0.357 e. The van der Waals surface area contributed by atoms with Crippen LogP contribution in [0.4, 0.5) is 0 Å². The molecule has 1 aromatic carbocycles. The molecule has 0 radical (unpaired) electrons. The number of nitrogens with one attached hydrogen (secondary N) is 3. The topological polar surface area (TPSA) is 100 Å². The third kappa shape index (κ3) is 6.35. The van der Waals surface area contributed by atoms with E-state index in [0.29, 0.717) is 24.6 Å². The van der Waals surface area contributed by atoms with E-state index in [1.165, 1.54) is 0 Å². The maximum Gasteiger partial charge on any atom is 0.241 e. The van der Waals surface area contributed by atoms with Crippen molar-refractivity contribution < 1.29 is 8.42 Å². The van der Waals surface area contributed by atoms with Gasteiger partial charge >= 0.3 is 0 Å². The molecule has 0 amide bonds. The number of rotatable bonds is 7. The molecule has 1 heterocycles. The van der Waals surface area contributed by atoms with E-state index < -0.39 is 15.6 Å². The first-order valence-corrected chi connectivity index (χ1v) is 10.7. The second-order valence-corrected chi connectivity index (χ2v) is 9.11. The molecule has 0 saturated carbocycles. The van der Waals surface area contributed by atoms with Crippen LogP contribution in [-0.2, 0) is 30.2 Å². The van der Waals surface area contributed by atoms with Crippen molar-refractivity contribution in [2.24, 2.45) is 12.0 Å². The monoisotopic (exact) mass is 406 g/mol. The predicted molar refractivity (Wildman–Crippen MR) is 111 cm³/mol. The molecular weight excluding hydrogens is 376 g/mol. The van der Waals surface area contributed by atoms with Crippen molar-refractivity contribution in [2.75, 3.05) is 6.54 Å². The second kappa shape index (κ2) is 9.20. The lowest BCUT2D eigenvalue weighted by molar-refractivity contribution is 0.491. The zero-order valence-corrected chi connectivity index (χ0v) is 18.0. The molecule has 0 aliphatic carbocycles. The lowest BCUT2D eigenvalue weighted by atomic mass is 10.1. The number of hydrogen-bond donors (Lipinski definition) is 3. The molecule has 0 aliphatic heterocycles. The highest BCUT2D eigenvalue weighted by molar-refractivity contribution is 7.89. The Morgan fingerprint density at radius 2 is 1.89 bits per heavy atom. The first-order valence-electron chi connectivity index (χ1n) is 9.23. The molecular formula is C19H30N6O2S. The number of benzene rings is 1. The summed E-state index contributed by atoms with van der Waals surface area (Å²) in [4.78, 5) is 4.80. The molecule has 8 nitrogen and oxygen atoms in total. The van der Waals surface area contributed by atoms with Gasteiger partial charge in [-0.15, -0.1) is 0 Å². The van der Waals surface area contributed by atoms with E-state index in [-0.39, 0.29) is 11.4 Å². The SMILES string of the molecule is CCNC(=NCc1ccccc1S(=O)(=O)NC(C)(C)C)NCc1ccnn1C. The van der Waals surface area contributed by atoms with Crippen LogP contribution in [0.2, 0.25) is 0 Å². The van der Waals surface area contributed by atoms with Crippen molar-refractivity contribution in [1.82, 2.24) is 25.1 Å². The van der Waals surface area contributed by atoms with Crippen LogP contribution in [0.3, 0.4) is 0 Å². The van der Waals surface area contributed by atoms with Gasteiger partial charge in [-0.3, -0.25) is 4.68 Å². The number of aryl methyl sites for hydroxylation is 1. The fourth-order valence-electron chi connectivity index (χ4n) is 2.61. The van der Waals surface area contributed by atoms with Crippen LogP contribution >= 0.6 is 0 Å². The molecule has 2 aromatic rings. The van der Waals surface area contributed by atoms with Crippen molar-refractivity contribution in [3.63, 3.8) is 0 Å². The van der Waals surface area contributed by atoms with E-state index in [1.54, 1.807) is 29.1 Å². The smallest absolute Gasteiger partial charge is 0.241 e. The number of aliphatic imine (C=N–C) groups is 1. The zero-order valence-electron chi connectivity index (χ0n) is 17.2. The normalized spacial score (nSPS) is 12.8. The van der Waals surface area contributed by atoms with Gasteiger partial charge in [-0.05, 0) is 45.4 Å². The lowest BCUT2D eigenvalue weighted by Gasteiger charge is -2.21. The molecule has 2 rings (SSSR count). The van der Waals surface area contributed by atoms with Crippen LogP contribution < -0.4 is 15.4 Å². The van der Waals surface area contributed by atoms with Crippen molar-refractivity contribution in [3.8, 4) is 0 Å². The van der Waals surface area contributed by atoms with Gasteiger partial charge in [-0.25, -0.2) is 18.1 Å². The minimum Gasteiger partial charge on any atom is -0.357 e. The summed E-state index contributed by atoms with van der Waals surface area (Å²) in [5.74, 6) is 0.611. The summed E-state index contributed by atoms with van der Waals surface area (Å²) in [6, 6.07) is 8.85. The number of aromatic nitrogens is 2. The van der Waals surface area contributed by atoms with Crippen molar-refractivity contribution in [3.05, 3.63) is 47.8 Å². The van der Waals surface area contributed by atoms with Gasteiger partial charge in [0.05, 0.1) is 23.7 Å². The van der Waals surface area contributed by atoms with Gasteiger partial charge in [-0.2, -0.15) is 5.10 Å². The average molecular weight is 407 g/mol. The van der Waals surface area contributed by atoms with E-state index in [1.807, 2.05) is 46.9 Å². The number of nitrogens with zero attached hydrogens (tertiary/aromatic N) is 3. The first-order chi connectivity index (χ1) is 13.1. The molecule has 0 fully saturated rings. The Hall–Kier alpha value is -2.39. The first kappa shape index (κ1) is 21.9. The fraction of sp³-hybridized carbons (Fsp3) is 0.474. The third-order valence-corrected chi connectivity index (χ3v) is 5.67. The van der Waals surface area contributed by atoms with E-state index in [0.717, 1.165) is 5.69 Å². The van der Waals surface area contributed by atoms with Gasteiger partial charge in [-0.1, -0.05) is 18.2 Å². The van der Waals surface area contributed by atoms with E-state index in [9.17, 15) is 8.42 Å². The van der Waals surface area contributed by atoms with Crippen LogP contribution in [0, 0.1) is 0 Å². The minimum atomic E-state index is -3.63. The molecule has 154 valence electrons. The molecule has 0 unspecified atom stereocenters. The lowest BCUT2D eigenvalue weighted by Crippen LogP contribution is -2.40. The Bertz CT molecular complexity index is 913. The van der Waals surface area contributed by atoms with Gasteiger partial charge in [0, 0.05) is 25.3 Å². The molecule has 0 aliphatic rings. The minimum absolute atomic E-state index is 0.238. The van der Waals surface area contributed by atoms with Crippen molar-refractivity contribution in [1.29, 1.82) is 0 Å². The van der Waals surface area contributed by atoms with Crippen LogP contribution in [0.5, 0.6) is 0 Å². The predicted octanol–water partition coefficient (Wildman–Crippen LogP) is 1.75. The average Bonchev–Trinajstić information content (AvgIpc) is 3.00. The summed E-state index contributed by atoms with van der Waals surface area (Å²) in [6.07, 6.45) is 1.74. The standard InChI is InChI=1S/C19H30N6O2S/c1-6-20-18(22-14-16-11-12-23-25(16)5)21-13-15-9-7-8-10-17(15)28(26,27)24-19(2,3)4/h7-12,24H,6,13-14H2,1-5H3,(H2,20,21,22). The quantitative estimate of drug-likeness (QED) is 0.480. The van der Waals surface area contributed by atoms with E-state index in [2.05, 4.69) is 25.4 Å². The Kier molecular flexibility index (Phi) is 7.20. The highest BCUT2D eigenvalue weighted by Gasteiger charge is 2.24. The molecule has 9 heteroatoms. The van der Waals surface area contributed by atoms with Gasteiger partial charge in [0.2, 0.25) is 10.0 Å².